The Bertz CT molecular complexity index is 184. The molecular weight excluding hydrogens is 126 g/mol. The van der Waals surface area contributed by atoms with E-state index in [1.807, 2.05) is 6.92 Å². The van der Waals surface area contributed by atoms with Gasteiger partial charge in [0.05, 0.1) is 5.25 Å². The van der Waals surface area contributed by atoms with Crippen molar-refractivity contribution in [3.8, 4) is 0 Å². The minimum absolute atomic E-state index is 0.234. The van der Waals surface area contributed by atoms with Crippen molar-refractivity contribution in [2.24, 2.45) is 11.1 Å². The maximum absolute atomic E-state index is 10.4. The highest BCUT2D eigenvalue weighted by Crippen LogP contribution is 2.34. The molecule has 1 fully saturated rings. The molecule has 8 heavy (non-hydrogen) atoms. The number of hydrogen-bond acceptors (Lipinski definition) is 2. The van der Waals surface area contributed by atoms with Crippen LogP contribution in [0.4, 0.5) is 0 Å². The van der Waals surface area contributed by atoms with Gasteiger partial charge in [0, 0.05) is 0 Å². The summed E-state index contributed by atoms with van der Waals surface area (Å²) in [5, 5.41) is 4.57. The summed E-state index contributed by atoms with van der Waals surface area (Å²) < 4.78 is 20.8. The Kier molecular flexibility index (Phi) is 1.09. The molecule has 1 rings (SSSR count). The summed E-state index contributed by atoms with van der Waals surface area (Å²) in [7, 11) is -3.18. The maximum Gasteiger partial charge on any atom is 0.212 e. The first-order chi connectivity index (χ1) is 3.52. The van der Waals surface area contributed by atoms with Crippen LogP contribution in [0.3, 0.4) is 0 Å². The minimum atomic E-state index is -3.18. The number of primary sulfonamides is 1. The van der Waals surface area contributed by atoms with Crippen LogP contribution in [0.25, 0.3) is 0 Å². The van der Waals surface area contributed by atoms with E-state index >= 15 is 0 Å². The highest BCUT2D eigenvalue weighted by atomic mass is 32.2. The van der Waals surface area contributed by atoms with E-state index in [1.165, 1.54) is 0 Å². The van der Waals surface area contributed by atoms with Crippen LogP contribution >= 0.6 is 0 Å². The lowest BCUT2D eigenvalue weighted by Gasteiger charge is -1.87. The number of sulfonamides is 1. The van der Waals surface area contributed by atoms with Gasteiger partial charge in [-0.1, -0.05) is 6.92 Å². The number of rotatable bonds is 1. The summed E-state index contributed by atoms with van der Waals surface area (Å²) in [4.78, 5) is 0. The molecule has 3 nitrogen and oxygen atoms in total. The summed E-state index contributed by atoms with van der Waals surface area (Å²) in [6.45, 7) is 1.88. The molecule has 0 aromatic carbocycles. The normalized spacial score (nSPS) is 37.2. The molecule has 1 aliphatic carbocycles. The monoisotopic (exact) mass is 135 g/mol. The predicted molar refractivity (Wildman–Crippen MR) is 30.7 cm³/mol. The molecule has 0 aromatic heterocycles. The Hall–Kier alpha value is -0.0900. The van der Waals surface area contributed by atoms with Crippen LogP contribution in [0.1, 0.15) is 13.3 Å². The fourth-order valence-electron chi connectivity index (χ4n) is 0.746. The molecule has 0 radical (unpaired) electrons. The second-order valence-electron chi connectivity index (χ2n) is 2.34. The van der Waals surface area contributed by atoms with Gasteiger partial charge in [-0.2, -0.15) is 0 Å². The predicted octanol–water partition coefficient (Wildman–Crippen LogP) is -0.317. The molecule has 1 saturated carbocycles. The largest absolute Gasteiger partial charge is 0.228 e. The molecule has 4 heteroatoms. The Morgan fingerprint density at radius 3 is 2.00 bits per heavy atom. The molecule has 0 aromatic rings. The van der Waals surface area contributed by atoms with Crippen molar-refractivity contribution in [3.63, 3.8) is 0 Å². The van der Waals surface area contributed by atoms with Crippen LogP contribution in [0.15, 0.2) is 0 Å². The van der Waals surface area contributed by atoms with Crippen LogP contribution < -0.4 is 5.14 Å². The van der Waals surface area contributed by atoms with Gasteiger partial charge in [-0.05, 0) is 12.3 Å². The summed E-state index contributed by atoms with van der Waals surface area (Å²) in [5.41, 5.74) is 0. The van der Waals surface area contributed by atoms with Gasteiger partial charge >= 0.3 is 0 Å². The van der Waals surface area contributed by atoms with Crippen molar-refractivity contribution in [2.75, 3.05) is 0 Å². The lowest BCUT2D eigenvalue weighted by Crippen LogP contribution is -2.18. The average Bonchev–Trinajstić information content (AvgIpc) is 2.13. The van der Waals surface area contributed by atoms with Crippen molar-refractivity contribution in [3.05, 3.63) is 0 Å². The third-order valence-electron chi connectivity index (χ3n) is 1.46. The molecule has 0 unspecified atom stereocenters. The van der Waals surface area contributed by atoms with Gasteiger partial charge in [-0.15, -0.1) is 0 Å². The summed E-state index contributed by atoms with van der Waals surface area (Å²) in [5.74, 6) is 0.296. The molecule has 0 saturated heterocycles. The van der Waals surface area contributed by atoms with E-state index in [1.54, 1.807) is 0 Å². The van der Waals surface area contributed by atoms with Crippen LogP contribution in [0.2, 0.25) is 0 Å². The molecule has 1 aliphatic rings. The zero-order valence-electron chi connectivity index (χ0n) is 4.66. The van der Waals surface area contributed by atoms with Gasteiger partial charge in [0.1, 0.15) is 0 Å². The van der Waals surface area contributed by atoms with Crippen molar-refractivity contribution < 1.29 is 8.42 Å². The standard InChI is InChI=1S/C4H9NO2S/c1-3-2-4(3)8(5,6)7/h3-4H,2H2,1H3,(H2,5,6,7)/t3-,4+/m0/s1. The van der Waals surface area contributed by atoms with Gasteiger partial charge < -0.3 is 0 Å². The van der Waals surface area contributed by atoms with Crippen LogP contribution in [0.5, 0.6) is 0 Å². The molecule has 2 atom stereocenters. The first-order valence-electron chi connectivity index (χ1n) is 2.53. The zero-order valence-corrected chi connectivity index (χ0v) is 5.48. The van der Waals surface area contributed by atoms with Crippen molar-refractivity contribution >= 4 is 10.0 Å². The van der Waals surface area contributed by atoms with Gasteiger partial charge in [-0.25, -0.2) is 13.6 Å². The quantitative estimate of drug-likeness (QED) is 0.535. The van der Waals surface area contributed by atoms with Crippen molar-refractivity contribution in [1.29, 1.82) is 0 Å². The second kappa shape index (κ2) is 1.45. The molecule has 0 aliphatic heterocycles. The Balaban J connectivity index is 2.66. The molecule has 0 amide bonds. The molecule has 2 N–H and O–H groups in total. The van der Waals surface area contributed by atoms with E-state index in [0.29, 0.717) is 5.92 Å². The highest BCUT2D eigenvalue weighted by Gasteiger charge is 2.41. The maximum atomic E-state index is 10.4. The van der Waals surface area contributed by atoms with E-state index < -0.39 is 10.0 Å². The fourth-order valence-corrected chi connectivity index (χ4v) is 1.97. The fraction of sp³-hybridized carbons (Fsp3) is 1.00. The molecule has 0 heterocycles. The van der Waals surface area contributed by atoms with E-state index in [0.717, 1.165) is 6.42 Å². The first-order valence-corrected chi connectivity index (χ1v) is 4.14. The summed E-state index contributed by atoms with van der Waals surface area (Å²) in [6.07, 6.45) is 0.749. The van der Waals surface area contributed by atoms with Crippen LogP contribution in [-0.2, 0) is 10.0 Å². The molecule has 48 valence electrons. The minimum Gasteiger partial charge on any atom is -0.228 e. The lowest BCUT2D eigenvalue weighted by molar-refractivity contribution is 0.594. The van der Waals surface area contributed by atoms with Crippen molar-refractivity contribution in [2.45, 2.75) is 18.6 Å². The average molecular weight is 135 g/mol. The molecule has 0 bridgehead atoms. The third-order valence-corrected chi connectivity index (χ3v) is 2.96. The zero-order chi connectivity index (χ0) is 6.36. The van der Waals surface area contributed by atoms with Gasteiger partial charge in [0.2, 0.25) is 10.0 Å². The van der Waals surface area contributed by atoms with Crippen molar-refractivity contribution in [1.82, 2.24) is 0 Å². The van der Waals surface area contributed by atoms with Crippen LogP contribution in [0, 0.1) is 5.92 Å². The first kappa shape index (κ1) is 6.04. The number of hydrogen-bond donors (Lipinski definition) is 1. The molecule has 0 spiro atoms. The van der Waals surface area contributed by atoms with Gasteiger partial charge in [-0.3, -0.25) is 0 Å². The van der Waals surface area contributed by atoms with Gasteiger partial charge in [0.15, 0.2) is 0 Å². The van der Waals surface area contributed by atoms with E-state index in [9.17, 15) is 8.42 Å². The lowest BCUT2D eigenvalue weighted by atomic mass is 10.5. The highest BCUT2D eigenvalue weighted by molar-refractivity contribution is 7.90. The number of nitrogens with two attached hydrogens (primary N) is 1. The van der Waals surface area contributed by atoms with E-state index in [2.05, 4.69) is 0 Å². The SMILES string of the molecule is C[C@H]1C[C@H]1S(N)(=O)=O. The Labute approximate surface area is 48.9 Å². The third kappa shape index (κ3) is 1.00. The smallest absolute Gasteiger partial charge is 0.212 e. The van der Waals surface area contributed by atoms with E-state index in [-0.39, 0.29) is 5.25 Å². The Morgan fingerprint density at radius 2 is 2.00 bits per heavy atom. The molecular formula is C4H9NO2S. The summed E-state index contributed by atoms with van der Waals surface area (Å²) >= 11 is 0. The summed E-state index contributed by atoms with van der Waals surface area (Å²) in [6, 6.07) is 0. The topological polar surface area (TPSA) is 60.2 Å². The Morgan fingerprint density at radius 1 is 1.62 bits per heavy atom. The van der Waals surface area contributed by atoms with Gasteiger partial charge in [0.25, 0.3) is 0 Å². The second-order valence-corrected chi connectivity index (χ2v) is 4.12. The van der Waals surface area contributed by atoms with E-state index in [4.69, 9.17) is 5.14 Å². The van der Waals surface area contributed by atoms with Crippen LogP contribution in [-0.4, -0.2) is 13.7 Å².